The predicted octanol–water partition coefficient (Wildman–Crippen LogP) is 0.793. The van der Waals surface area contributed by atoms with Crippen LogP contribution in [0.4, 0.5) is 0 Å². The van der Waals surface area contributed by atoms with Crippen LogP contribution in [0.5, 0.6) is 0 Å². The first-order valence-electron chi connectivity index (χ1n) is 3.85. The van der Waals surface area contributed by atoms with Crippen LogP contribution in [0, 0.1) is 0 Å². The largest absolute Gasteiger partial charge is 0.609 e. The summed E-state index contributed by atoms with van der Waals surface area (Å²) in [6.07, 6.45) is 3.02. The third kappa shape index (κ3) is 3.71. The second-order valence-corrected chi connectivity index (χ2v) is 4.63. The van der Waals surface area contributed by atoms with Gasteiger partial charge >= 0.3 is 5.16 Å². The molecule has 1 aromatic rings. The van der Waals surface area contributed by atoms with Gasteiger partial charge in [-0.2, -0.15) is 9.97 Å². The van der Waals surface area contributed by atoms with Crippen molar-refractivity contribution in [3.05, 3.63) is 18.5 Å². The van der Waals surface area contributed by atoms with Crippen LogP contribution in [-0.2, 0) is 16.3 Å². The van der Waals surface area contributed by atoms with Gasteiger partial charge in [-0.05, 0) is 19.9 Å². The number of aromatic nitrogens is 2. The fraction of sp³-hybridized carbons (Fsp3) is 0.500. The lowest BCUT2D eigenvalue weighted by Gasteiger charge is -2.15. The Kier molecular flexibility index (Phi) is 3.24. The molecule has 0 aliphatic rings. The van der Waals surface area contributed by atoms with Crippen LogP contribution in [0.2, 0.25) is 0 Å². The lowest BCUT2D eigenvalue weighted by Crippen LogP contribution is -2.29. The second kappa shape index (κ2) is 4.04. The van der Waals surface area contributed by atoms with Gasteiger partial charge in [0, 0.05) is 23.6 Å². The molecule has 0 aliphatic heterocycles. The third-order valence-corrected chi connectivity index (χ3v) is 2.80. The van der Waals surface area contributed by atoms with Gasteiger partial charge in [-0.3, -0.25) is 0 Å². The van der Waals surface area contributed by atoms with Gasteiger partial charge in [0.15, 0.2) is 0 Å². The summed E-state index contributed by atoms with van der Waals surface area (Å²) in [6, 6.07) is 1.64. The van der Waals surface area contributed by atoms with Gasteiger partial charge in [0.2, 0.25) is 0 Å². The highest BCUT2D eigenvalue weighted by Crippen LogP contribution is 2.12. The van der Waals surface area contributed by atoms with E-state index in [0.717, 1.165) is 0 Å². The molecule has 1 radical (unpaired) electrons. The van der Waals surface area contributed by atoms with E-state index in [9.17, 15) is 9.66 Å². The summed E-state index contributed by atoms with van der Waals surface area (Å²) >= 11 is -1.39. The van der Waals surface area contributed by atoms with Gasteiger partial charge in [0.05, 0.1) is 0 Å². The van der Waals surface area contributed by atoms with Crippen LogP contribution < -0.4 is 0 Å². The fourth-order valence-corrected chi connectivity index (χ4v) is 1.90. The minimum atomic E-state index is -1.39. The Balaban J connectivity index is 2.64. The van der Waals surface area contributed by atoms with Crippen LogP contribution in [-0.4, -0.2) is 25.9 Å². The molecule has 1 heterocycles. The smallest absolute Gasteiger partial charge is 0.342 e. The lowest BCUT2D eigenvalue weighted by atomic mass is 10.2. The van der Waals surface area contributed by atoms with Gasteiger partial charge in [0.25, 0.3) is 0 Å². The highest BCUT2D eigenvalue weighted by Gasteiger charge is 2.26. The van der Waals surface area contributed by atoms with E-state index < -0.39 is 16.8 Å². The Morgan fingerprint density at radius 3 is 2.46 bits per heavy atom. The molecular formula is C8H11N2O2S. The van der Waals surface area contributed by atoms with Crippen molar-refractivity contribution in [1.82, 2.24) is 9.97 Å². The van der Waals surface area contributed by atoms with Crippen LogP contribution in [0.25, 0.3) is 0 Å². The summed E-state index contributed by atoms with van der Waals surface area (Å²) < 4.78 is 11.4. The minimum Gasteiger partial charge on any atom is -0.609 e. The number of hydrogen-bond acceptors (Lipinski definition) is 3. The van der Waals surface area contributed by atoms with E-state index in [1.165, 1.54) is 26.2 Å². The van der Waals surface area contributed by atoms with Crippen molar-refractivity contribution in [2.24, 2.45) is 0 Å². The number of nitrogens with zero attached hydrogens (tertiary/aromatic N) is 2. The molecule has 4 nitrogen and oxygen atoms in total. The Morgan fingerprint density at radius 2 is 2.00 bits per heavy atom. The van der Waals surface area contributed by atoms with E-state index in [4.69, 9.17) is 0 Å². The van der Waals surface area contributed by atoms with Gasteiger partial charge in [-0.15, -0.1) is 0 Å². The quantitative estimate of drug-likeness (QED) is 0.534. The van der Waals surface area contributed by atoms with E-state index in [0.29, 0.717) is 0 Å². The van der Waals surface area contributed by atoms with Crippen LogP contribution in [0.1, 0.15) is 13.8 Å². The zero-order valence-corrected chi connectivity index (χ0v) is 8.37. The van der Waals surface area contributed by atoms with E-state index in [2.05, 4.69) is 9.97 Å². The summed E-state index contributed by atoms with van der Waals surface area (Å²) in [5, 5.41) is 11.5. The van der Waals surface area contributed by atoms with Gasteiger partial charge in [0.1, 0.15) is 11.4 Å². The molecule has 1 unspecified atom stereocenters. The molecule has 0 saturated carbocycles. The zero-order chi connectivity index (χ0) is 9.90. The van der Waals surface area contributed by atoms with Crippen molar-refractivity contribution in [2.45, 2.75) is 24.6 Å². The second-order valence-electron chi connectivity index (χ2n) is 3.28. The first kappa shape index (κ1) is 10.4. The predicted molar refractivity (Wildman–Crippen MR) is 48.1 cm³/mol. The van der Waals surface area contributed by atoms with Crippen molar-refractivity contribution in [3.63, 3.8) is 0 Å². The molecular weight excluding hydrogens is 188 g/mol. The van der Waals surface area contributed by atoms with Crippen molar-refractivity contribution in [1.29, 1.82) is 0 Å². The number of hydrogen-bond donors (Lipinski definition) is 0. The fourth-order valence-electron chi connectivity index (χ4n) is 0.783. The lowest BCUT2D eigenvalue weighted by molar-refractivity contribution is 0.0248. The molecule has 0 bridgehead atoms. The van der Waals surface area contributed by atoms with E-state index in [1.54, 1.807) is 6.07 Å². The summed E-state index contributed by atoms with van der Waals surface area (Å²) in [5.41, 5.74) is -1.20. The monoisotopic (exact) mass is 199 g/mol. The maximum atomic E-state index is 11.4. The Labute approximate surface area is 80.2 Å². The van der Waals surface area contributed by atoms with Crippen molar-refractivity contribution in [3.8, 4) is 0 Å². The van der Waals surface area contributed by atoms with Crippen LogP contribution >= 0.6 is 0 Å². The molecule has 0 fully saturated rings. The van der Waals surface area contributed by atoms with Gasteiger partial charge in [-0.1, -0.05) is 0 Å². The van der Waals surface area contributed by atoms with Crippen molar-refractivity contribution >= 4 is 11.2 Å². The number of rotatable bonds is 3. The average molecular weight is 199 g/mol. The average Bonchev–Trinajstić information content (AvgIpc) is 2.03. The van der Waals surface area contributed by atoms with Gasteiger partial charge in [-0.25, -0.2) is 5.11 Å². The first-order valence-corrected chi connectivity index (χ1v) is 5.17. The van der Waals surface area contributed by atoms with Crippen LogP contribution in [0.15, 0.2) is 23.6 Å². The molecule has 1 atom stereocenters. The van der Waals surface area contributed by atoms with Gasteiger partial charge < -0.3 is 4.55 Å². The summed E-state index contributed by atoms with van der Waals surface area (Å²) in [4.78, 5) is 7.63. The minimum absolute atomic E-state index is 0.0387. The Morgan fingerprint density at radius 1 is 1.46 bits per heavy atom. The highest BCUT2D eigenvalue weighted by atomic mass is 32.2. The zero-order valence-electron chi connectivity index (χ0n) is 7.56. The van der Waals surface area contributed by atoms with E-state index in [1.807, 2.05) is 0 Å². The first-order chi connectivity index (χ1) is 5.99. The molecule has 0 aromatic carbocycles. The molecule has 1 rings (SSSR count). The molecule has 5 heteroatoms. The Bertz CT molecular complexity index is 261. The highest BCUT2D eigenvalue weighted by molar-refractivity contribution is 7.91. The molecule has 0 saturated heterocycles. The maximum absolute atomic E-state index is 11.4. The van der Waals surface area contributed by atoms with E-state index >= 15 is 0 Å². The summed E-state index contributed by atoms with van der Waals surface area (Å²) in [7, 11) is 0. The topological polar surface area (TPSA) is 68.7 Å². The molecule has 0 aliphatic carbocycles. The van der Waals surface area contributed by atoms with Crippen LogP contribution in [0.3, 0.4) is 0 Å². The summed E-state index contributed by atoms with van der Waals surface area (Å²) in [6.45, 7) is 2.99. The molecule has 0 amide bonds. The normalized spacial score (nSPS) is 14.2. The molecule has 0 N–H and O–H groups in total. The third-order valence-electron chi connectivity index (χ3n) is 1.22. The van der Waals surface area contributed by atoms with E-state index in [-0.39, 0.29) is 10.9 Å². The SMILES string of the molecule is CC(C)([O])C[S+]([O-])c1ncccn1. The Hall–Kier alpha value is -0.650. The van der Waals surface area contributed by atoms with Crippen molar-refractivity contribution < 1.29 is 9.66 Å². The standard InChI is InChI=1S/C8H11N2O2S/c1-8(2,11)6-13(12)7-9-4-3-5-10-7/h3-5H,6H2,1-2H3. The van der Waals surface area contributed by atoms with Crippen molar-refractivity contribution in [2.75, 3.05) is 5.75 Å². The molecule has 0 spiro atoms. The molecule has 13 heavy (non-hydrogen) atoms. The molecule has 71 valence electrons. The summed E-state index contributed by atoms with van der Waals surface area (Å²) in [5.74, 6) is 0.0387. The maximum Gasteiger partial charge on any atom is 0.342 e. The molecule has 1 aromatic heterocycles.